The van der Waals surface area contributed by atoms with Gasteiger partial charge in [-0.1, -0.05) is 11.3 Å². The van der Waals surface area contributed by atoms with Crippen LogP contribution in [0.25, 0.3) is 10.2 Å². The Kier molecular flexibility index (Phi) is 7.51. The molecule has 1 heterocycles. The zero-order valence-electron chi connectivity index (χ0n) is 16.4. The number of hydrogen-bond acceptors (Lipinski definition) is 6. The summed E-state index contributed by atoms with van der Waals surface area (Å²) in [6.45, 7) is 0.781. The number of amides is 1. The van der Waals surface area contributed by atoms with Gasteiger partial charge in [0.1, 0.15) is 11.3 Å². The van der Waals surface area contributed by atoms with Gasteiger partial charge in [0.05, 0.1) is 9.60 Å². The van der Waals surface area contributed by atoms with E-state index in [0.29, 0.717) is 11.2 Å². The number of benzene rings is 2. The van der Waals surface area contributed by atoms with Crippen LogP contribution in [0.3, 0.4) is 0 Å². The monoisotopic (exact) mass is 475 g/mol. The fourth-order valence-corrected chi connectivity index (χ4v) is 4.31. The summed E-state index contributed by atoms with van der Waals surface area (Å²) >= 11 is 1.02. The third-order valence-electron chi connectivity index (χ3n) is 4.18. The fraction of sp³-hybridized carbons (Fsp3) is 0.263. The molecule has 0 fully saturated rings. The van der Waals surface area contributed by atoms with Gasteiger partial charge >= 0.3 is 0 Å². The predicted octanol–water partition coefficient (Wildman–Crippen LogP) is 3.61. The SMILES string of the molecule is CN(C)CCN(C(=O)c1ccc(S(C)(=O)=O)cc1)c1nc2c(F)cc(F)cc2s1.Cl. The Bertz CT molecular complexity index is 1170. The van der Waals surface area contributed by atoms with Gasteiger partial charge < -0.3 is 4.90 Å². The van der Waals surface area contributed by atoms with Crippen molar-refractivity contribution in [3.05, 3.63) is 53.6 Å². The van der Waals surface area contributed by atoms with Crippen molar-refractivity contribution >= 4 is 54.8 Å². The van der Waals surface area contributed by atoms with Crippen LogP contribution in [-0.4, -0.2) is 57.6 Å². The van der Waals surface area contributed by atoms with Crippen LogP contribution in [0, 0.1) is 11.6 Å². The van der Waals surface area contributed by atoms with Crippen molar-refractivity contribution in [2.75, 3.05) is 38.3 Å². The van der Waals surface area contributed by atoms with Crippen molar-refractivity contribution in [3.8, 4) is 0 Å². The molecule has 0 unspecified atom stereocenters. The van der Waals surface area contributed by atoms with Gasteiger partial charge in [0, 0.05) is 31.0 Å². The molecule has 0 aliphatic heterocycles. The highest BCUT2D eigenvalue weighted by Crippen LogP contribution is 2.32. The first-order chi connectivity index (χ1) is 13.6. The van der Waals surface area contributed by atoms with Crippen molar-refractivity contribution in [3.63, 3.8) is 0 Å². The van der Waals surface area contributed by atoms with Crippen molar-refractivity contribution in [2.24, 2.45) is 0 Å². The summed E-state index contributed by atoms with van der Waals surface area (Å²) in [6.07, 6.45) is 1.09. The maximum absolute atomic E-state index is 14.1. The zero-order valence-corrected chi connectivity index (χ0v) is 18.9. The second-order valence-electron chi connectivity index (χ2n) is 6.79. The third-order valence-corrected chi connectivity index (χ3v) is 6.33. The number of hydrogen-bond donors (Lipinski definition) is 0. The van der Waals surface area contributed by atoms with Gasteiger partial charge in [0.2, 0.25) is 0 Å². The Balaban J connectivity index is 0.00000320. The lowest BCUT2D eigenvalue weighted by Crippen LogP contribution is -2.36. The number of halogens is 3. The number of aromatic nitrogens is 1. The summed E-state index contributed by atoms with van der Waals surface area (Å²) < 4.78 is 51.1. The van der Waals surface area contributed by atoms with Gasteiger partial charge in [-0.25, -0.2) is 22.2 Å². The predicted molar refractivity (Wildman–Crippen MR) is 117 cm³/mol. The molecule has 3 aromatic rings. The largest absolute Gasteiger partial charge is 0.308 e. The molecule has 6 nitrogen and oxygen atoms in total. The van der Waals surface area contributed by atoms with E-state index in [2.05, 4.69) is 4.98 Å². The quantitative estimate of drug-likeness (QED) is 0.544. The van der Waals surface area contributed by atoms with Crippen LogP contribution < -0.4 is 4.90 Å². The minimum absolute atomic E-state index is 0. The average molecular weight is 476 g/mol. The first-order valence-corrected chi connectivity index (χ1v) is 11.3. The van der Waals surface area contributed by atoms with Gasteiger partial charge in [-0.3, -0.25) is 9.69 Å². The third kappa shape index (κ3) is 5.31. The maximum atomic E-state index is 14.1. The normalized spacial score (nSPS) is 11.5. The van der Waals surface area contributed by atoms with Crippen LogP contribution in [0.1, 0.15) is 10.4 Å². The number of nitrogens with zero attached hydrogens (tertiary/aromatic N) is 3. The standard InChI is InChI=1S/C19H19F2N3O3S2.ClH/c1-23(2)8-9-24(18(25)12-4-6-14(7-5-12)29(3,26)27)19-22-17-15(21)10-13(20)11-16(17)28-19;/h4-7,10-11H,8-9H2,1-3H3;1H. The van der Waals surface area contributed by atoms with Gasteiger partial charge in [-0.15, -0.1) is 12.4 Å². The zero-order chi connectivity index (χ0) is 21.3. The van der Waals surface area contributed by atoms with E-state index >= 15 is 0 Å². The first kappa shape index (κ1) is 24.1. The van der Waals surface area contributed by atoms with E-state index in [-0.39, 0.29) is 40.1 Å². The minimum atomic E-state index is -3.38. The second-order valence-corrected chi connectivity index (χ2v) is 9.81. The lowest BCUT2D eigenvalue weighted by atomic mass is 10.2. The molecule has 0 saturated carbocycles. The number of carbonyl (C=O) groups excluding carboxylic acids is 1. The number of sulfone groups is 1. The van der Waals surface area contributed by atoms with E-state index in [0.717, 1.165) is 23.7 Å². The number of thiazole rings is 1. The van der Waals surface area contributed by atoms with E-state index in [9.17, 15) is 22.0 Å². The van der Waals surface area contributed by atoms with Crippen LogP contribution in [0.15, 0.2) is 41.3 Å². The van der Waals surface area contributed by atoms with Crippen molar-refractivity contribution in [2.45, 2.75) is 4.90 Å². The number of anilines is 1. The Labute approximate surface area is 183 Å². The van der Waals surface area contributed by atoms with Crippen LogP contribution in [0.2, 0.25) is 0 Å². The lowest BCUT2D eigenvalue weighted by molar-refractivity contribution is 0.0985. The highest BCUT2D eigenvalue weighted by Gasteiger charge is 2.23. The summed E-state index contributed by atoms with van der Waals surface area (Å²) in [6, 6.07) is 7.50. The number of likely N-dealkylation sites (N-methyl/N-ethyl adjacent to an activating group) is 1. The molecule has 0 saturated heterocycles. The smallest absolute Gasteiger partial charge is 0.260 e. The van der Waals surface area contributed by atoms with E-state index in [1.165, 1.54) is 35.2 Å². The van der Waals surface area contributed by atoms with Crippen LogP contribution in [0.4, 0.5) is 13.9 Å². The molecule has 11 heteroatoms. The molecule has 0 spiro atoms. The van der Waals surface area contributed by atoms with Gasteiger partial charge in [0.25, 0.3) is 5.91 Å². The van der Waals surface area contributed by atoms with Crippen LogP contribution in [-0.2, 0) is 9.84 Å². The van der Waals surface area contributed by atoms with E-state index < -0.39 is 27.4 Å². The molecule has 0 bridgehead atoms. The van der Waals surface area contributed by atoms with E-state index in [1.54, 1.807) is 0 Å². The highest BCUT2D eigenvalue weighted by atomic mass is 35.5. The highest BCUT2D eigenvalue weighted by molar-refractivity contribution is 7.90. The van der Waals surface area contributed by atoms with Crippen molar-refractivity contribution in [1.82, 2.24) is 9.88 Å². The van der Waals surface area contributed by atoms with Crippen LogP contribution in [0.5, 0.6) is 0 Å². The summed E-state index contributed by atoms with van der Waals surface area (Å²) in [7, 11) is 0.304. The fourth-order valence-electron chi connectivity index (χ4n) is 2.65. The first-order valence-electron chi connectivity index (χ1n) is 8.58. The molecule has 0 N–H and O–H groups in total. The Hall–Kier alpha value is -2.14. The lowest BCUT2D eigenvalue weighted by Gasteiger charge is -2.22. The Morgan fingerprint density at radius 3 is 2.30 bits per heavy atom. The number of carbonyl (C=O) groups is 1. The maximum Gasteiger partial charge on any atom is 0.260 e. The number of rotatable bonds is 6. The number of fused-ring (bicyclic) bond motifs is 1. The molecule has 3 rings (SSSR count). The summed E-state index contributed by atoms with van der Waals surface area (Å²) in [5.41, 5.74) is 0.267. The molecule has 0 atom stereocenters. The van der Waals surface area contributed by atoms with Gasteiger partial charge in [-0.05, 0) is 44.4 Å². The topological polar surface area (TPSA) is 70.6 Å². The average Bonchev–Trinajstić information content (AvgIpc) is 3.05. The second kappa shape index (κ2) is 9.34. The van der Waals surface area contributed by atoms with Crippen LogP contribution >= 0.6 is 23.7 Å². The minimum Gasteiger partial charge on any atom is -0.308 e. The molecule has 2 aromatic carbocycles. The van der Waals surface area contributed by atoms with Crippen molar-refractivity contribution in [1.29, 1.82) is 0 Å². The molecule has 0 aliphatic rings. The van der Waals surface area contributed by atoms with Crippen molar-refractivity contribution < 1.29 is 22.0 Å². The van der Waals surface area contributed by atoms with E-state index in [4.69, 9.17) is 0 Å². The summed E-state index contributed by atoms with van der Waals surface area (Å²) in [5.74, 6) is -1.92. The molecule has 30 heavy (non-hydrogen) atoms. The molecular weight excluding hydrogens is 456 g/mol. The van der Waals surface area contributed by atoms with Gasteiger partial charge in [0.15, 0.2) is 20.8 Å². The van der Waals surface area contributed by atoms with E-state index in [1.807, 2.05) is 19.0 Å². The molecule has 1 amide bonds. The molecule has 162 valence electrons. The molecular formula is C19H20ClF2N3O3S2. The molecule has 0 aliphatic carbocycles. The Morgan fingerprint density at radius 2 is 1.73 bits per heavy atom. The molecule has 1 aromatic heterocycles. The Morgan fingerprint density at radius 1 is 1.10 bits per heavy atom. The molecule has 0 radical (unpaired) electrons. The summed E-state index contributed by atoms with van der Waals surface area (Å²) in [4.78, 5) is 20.7. The van der Waals surface area contributed by atoms with Gasteiger partial charge in [-0.2, -0.15) is 0 Å². The summed E-state index contributed by atoms with van der Waals surface area (Å²) in [5, 5.41) is 0.239.